The van der Waals surface area contributed by atoms with E-state index in [9.17, 15) is 14.4 Å². The van der Waals surface area contributed by atoms with E-state index in [0.717, 1.165) is 9.03 Å². The monoisotopic (exact) mass is 744 g/mol. The number of aryl methyl sites for hydroxylation is 1. The van der Waals surface area contributed by atoms with Crippen LogP contribution < -0.4 is 15.7 Å². The summed E-state index contributed by atoms with van der Waals surface area (Å²) in [6.07, 6.45) is -0.175. The van der Waals surface area contributed by atoms with Gasteiger partial charge in [-0.15, -0.1) is 0 Å². The van der Waals surface area contributed by atoms with Crippen LogP contribution in [0.5, 0.6) is 0 Å². The fourth-order valence-electron chi connectivity index (χ4n) is 6.90. The van der Waals surface area contributed by atoms with Crippen molar-refractivity contribution in [3.8, 4) is 0 Å². The molecule has 3 aromatic rings. The Morgan fingerprint density at radius 3 is 1.94 bits per heavy atom. The van der Waals surface area contributed by atoms with Gasteiger partial charge in [0.25, 0.3) is 0 Å². The summed E-state index contributed by atoms with van der Waals surface area (Å²) in [5.41, 5.74) is -0.265. The Bertz CT molecular complexity index is 1660. The van der Waals surface area contributed by atoms with Gasteiger partial charge in [0, 0.05) is 0 Å². The quantitative estimate of drug-likeness (QED) is 0.274. The molecule has 254 valence electrons. The van der Waals surface area contributed by atoms with E-state index < -0.39 is 52.7 Å². The number of rotatable bonds is 8. The maximum absolute atomic E-state index is 14.3. The van der Waals surface area contributed by atoms with Crippen LogP contribution in [0.25, 0.3) is 0 Å². The van der Waals surface area contributed by atoms with Crippen molar-refractivity contribution in [2.24, 2.45) is 0 Å². The second-order valence-corrected chi connectivity index (χ2v) is 25.3. The molecule has 0 N–H and O–H groups in total. The van der Waals surface area contributed by atoms with Crippen LogP contribution in [0, 0.1) is 6.92 Å². The zero-order valence-electron chi connectivity index (χ0n) is 28.8. The van der Waals surface area contributed by atoms with Crippen molar-refractivity contribution in [2.45, 2.75) is 108 Å². The van der Waals surface area contributed by atoms with Gasteiger partial charge in [-0.1, -0.05) is 0 Å². The molecule has 0 radical (unpaired) electrons. The van der Waals surface area contributed by atoms with E-state index in [1.165, 1.54) is 10.8 Å². The van der Waals surface area contributed by atoms with E-state index in [2.05, 4.69) is 67.5 Å². The SMILES string of the molecule is Cc1cn([C@H]2O[C@@H]3CO[Si](C(C)C)(C(C)C)O[Si](C(C)C)(C(C)C)O[C@H]3[C@@H]2[Se]c2ccccc2)c(=O)n(C(=O)c2ccccc2)c1=O. The molecule has 0 aliphatic carbocycles. The summed E-state index contributed by atoms with van der Waals surface area (Å²) < 4.78 is 32.1. The molecule has 0 bridgehead atoms. The number of benzene rings is 2. The molecule has 2 aliphatic rings. The van der Waals surface area contributed by atoms with Gasteiger partial charge < -0.3 is 0 Å². The Morgan fingerprint density at radius 2 is 1.38 bits per heavy atom. The van der Waals surface area contributed by atoms with Gasteiger partial charge >= 0.3 is 287 Å². The topological polar surface area (TPSA) is 98.0 Å². The van der Waals surface area contributed by atoms with Gasteiger partial charge in [0.1, 0.15) is 0 Å². The Hall–Kier alpha value is -2.42. The van der Waals surface area contributed by atoms with Crippen LogP contribution in [0.1, 0.15) is 77.5 Å². The zero-order valence-corrected chi connectivity index (χ0v) is 32.6. The molecule has 12 heteroatoms. The molecule has 1 aromatic heterocycles. The average Bonchev–Trinajstić information content (AvgIpc) is 3.34. The van der Waals surface area contributed by atoms with E-state index in [4.69, 9.17) is 17.7 Å². The summed E-state index contributed by atoms with van der Waals surface area (Å²) in [7, 11) is -5.82. The molecule has 0 unspecified atom stereocenters. The molecule has 5 rings (SSSR count). The third kappa shape index (κ3) is 6.63. The average molecular weight is 744 g/mol. The summed E-state index contributed by atoms with van der Waals surface area (Å²) in [6.45, 7) is 19.4. The molecule has 4 atom stereocenters. The fraction of sp³-hybridized carbons (Fsp3) is 0.514. The van der Waals surface area contributed by atoms with Crippen LogP contribution in [0.15, 0.2) is 76.4 Å². The van der Waals surface area contributed by atoms with Crippen molar-refractivity contribution in [1.82, 2.24) is 9.13 Å². The minimum atomic E-state index is -2.99. The van der Waals surface area contributed by atoms with E-state index in [1.807, 2.05) is 18.2 Å². The number of carbonyl (C=O) groups is 1. The van der Waals surface area contributed by atoms with Crippen LogP contribution in [-0.2, 0) is 17.7 Å². The number of fused-ring (bicyclic) bond motifs is 1. The van der Waals surface area contributed by atoms with E-state index in [-0.39, 0.29) is 59.7 Å². The summed E-state index contributed by atoms with van der Waals surface area (Å²) in [5, 5.41) is 0. The van der Waals surface area contributed by atoms with Gasteiger partial charge in [0.2, 0.25) is 0 Å². The Labute approximate surface area is 286 Å². The molecule has 2 saturated heterocycles. The Balaban J connectivity index is 1.69. The Kier molecular flexibility index (Phi) is 10.8. The van der Waals surface area contributed by atoms with Crippen molar-refractivity contribution in [2.75, 3.05) is 6.61 Å². The predicted molar refractivity (Wildman–Crippen MR) is 189 cm³/mol. The number of carbonyl (C=O) groups excluding carboxylic acids is 1. The van der Waals surface area contributed by atoms with E-state index in [1.54, 1.807) is 37.3 Å². The van der Waals surface area contributed by atoms with Crippen molar-refractivity contribution >= 4 is 42.4 Å². The van der Waals surface area contributed by atoms with Gasteiger partial charge in [-0.3, -0.25) is 0 Å². The van der Waals surface area contributed by atoms with Gasteiger partial charge in [0.05, 0.1) is 0 Å². The minimum absolute atomic E-state index is 0.119. The van der Waals surface area contributed by atoms with Gasteiger partial charge in [-0.2, -0.15) is 0 Å². The first-order chi connectivity index (χ1) is 22.2. The molecule has 9 nitrogen and oxygen atoms in total. The standard InChI is InChI=1S/C35H48N2O7SeSi2/c1-22(2)46(23(3)4)41-21-29-30(43-47(44-46,24(5)6)25(7)8)31(45-28-18-14-11-15-19-28)34(42-29)36-20-26(9)32(38)37(35(36)40)33(39)27-16-12-10-13-17-27/h10-20,22-25,29-31,34H,21H2,1-9H3/t29-,30-,31+,34+/m1/s1. The van der Waals surface area contributed by atoms with Gasteiger partial charge in [-0.05, 0) is 0 Å². The van der Waals surface area contributed by atoms with Crippen LogP contribution in [0.2, 0.25) is 27.0 Å². The van der Waals surface area contributed by atoms with Crippen molar-refractivity contribution in [1.29, 1.82) is 0 Å². The van der Waals surface area contributed by atoms with Crippen LogP contribution in [-0.4, -0.2) is 65.9 Å². The molecule has 3 heterocycles. The molecule has 0 amide bonds. The number of nitrogens with zero attached hydrogens (tertiary/aromatic N) is 2. The van der Waals surface area contributed by atoms with Crippen molar-refractivity contribution in [3.63, 3.8) is 0 Å². The zero-order chi connectivity index (χ0) is 34.3. The molecule has 47 heavy (non-hydrogen) atoms. The van der Waals surface area contributed by atoms with Gasteiger partial charge in [-0.25, -0.2) is 0 Å². The third-order valence-corrected chi connectivity index (χ3v) is 22.4. The molecule has 2 fully saturated rings. The summed E-state index contributed by atoms with van der Waals surface area (Å²) in [6, 6.07) is 18.6. The third-order valence-electron chi connectivity index (χ3n) is 9.42. The van der Waals surface area contributed by atoms with Crippen molar-refractivity contribution < 1.29 is 22.5 Å². The molecule has 0 spiro atoms. The second kappa shape index (κ2) is 14.2. The van der Waals surface area contributed by atoms with Crippen LogP contribution in [0.3, 0.4) is 0 Å². The predicted octanol–water partition coefficient (Wildman–Crippen LogP) is 5.68. The summed E-state index contributed by atoms with van der Waals surface area (Å²) >= 11 is -0.221. The molecule has 2 aliphatic heterocycles. The maximum atomic E-state index is 14.3. The second-order valence-electron chi connectivity index (χ2n) is 13.8. The number of aromatic nitrogens is 2. The number of hydrogen-bond acceptors (Lipinski definition) is 7. The first-order valence-corrected chi connectivity index (χ1v) is 22.4. The molecule has 2 aromatic carbocycles. The van der Waals surface area contributed by atoms with E-state index in [0.29, 0.717) is 0 Å². The number of ether oxygens (including phenoxy) is 1. The van der Waals surface area contributed by atoms with E-state index >= 15 is 0 Å². The molecular weight excluding hydrogens is 696 g/mol. The first kappa shape index (κ1) is 35.9. The summed E-state index contributed by atoms with van der Waals surface area (Å²) in [4.78, 5) is 41.0. The van der Waals surface area contributed by atoms with Crippen LogP contribution in [0.4, 0.5) is 0 Å². The van der Waals surface area contributed by atoms with Crippen molar-refractivity contribution in [3.05, 3.63) is 98.8 Å². The Morgan fingerprint density at radius 1 is 0.830 bits per heavy atom. The molecular formula is C35H48N2O7SeSi2. The van der Waals surface area contributed by atoms with Crippen LogP contribution >= 0.6 is 0 Å². The molecule has 0 saturated carbocycles. The number of hydrogen-bond donors (Lipinski definition) is 0. The fourth-order valence-corrected chi connectivity index (χ4v) is 21.1. The first-order valence-electron chi connectivity index (χ1n) is 16.6. The normalized spacial score (nSPS) is 24.0. The summed E-state index contributed by atoms with van der Waals surface area (Å²) in [5.74, 6) is -0.671. The van der Waals surface area contributed by atoms with Gasteiger partial charge in [0.15, 0.2) is 0 Å².